The molecule has 2 N–H and O–H groups in total. The van der Waals surface area contributed by atoms with Crippen LogP contribution >= 0.6 is 11.3 Å². The smallest absolute Gasteiger partial charge is 0.262 e. The second-order valence-corrected chi connectivity index (χ2v) is 7.58. The Hall–Kier alpha value is -4.04. The van der Waals surface area contributed by atoms with Crippen LogP contribution in [0.4, 0.5) is 15.8 Å². The summed E-state index contributed by atoms with van der Waals surface area (Å²) in [5.74, 6) is -1.21. The van der Waals surface area contributed by atoms with E-state index in [9.17, 15) is 14.0 Å². The van der Waals surface area contributed by atoms with Gasteiger partial charge in [-0.15, -0.1) is 11.3 Å². The van der Waals surface area contributed by atoms with Crippen molar-refractivity contribution in [2.45, 2.75) is 0 Å². The normalized spacial score (nSPS) is 10.4. The molecule has 4 rings (SSSR count). The molecule has 0 radical (unpaired) electrons. The summed E-state index contributed by atoms with van der Waals surface area (Å²) in [5, 5.41) is 8.06. The molecule has 0 aliphatic heterocycles. The number of para-hydroxylation sites is 2. The summed E-state index contributed by atoms with van der Waals surface area (Å²) in [6.07, 6.45) is 1.74. The molecule has 32 heavy (non-hydrogen) atoms. The van der Waals surface area contributed by atoms with Crippen LogP contribution in [0.5, 0.6) is 5.75 Å². The van der Waals surface area contributed by atoms with Gasteiger partial charge in [-0.1, -0.05) is 24.3 Å². The number of amides is 2. The standard InChI is InChI=1S/C24H18FN3O3S/c25-19-6-2-3-7-20(19)28-22(29)15-31-21-8-4-1-5-18(21)23(30)27-17-11-9-16(10-12-17)24-26-13-14-32-24/h1-14H,15H2,(H,27,30)(H,28,29). The quantitative estimate of drug-likeness (QED) is 0.407. The summed E-state index contributed by atoms with van der Waals surface area (Å²) in [6, 6.07) is 19.8. The van der Waals surface area contributed by atoms with Crippen LogP contribution in [0.25, 0.3) is 10.6 Å². The van der Waals surface area contributed by atoms with Gasteiger partial charge in [-0.25, -0.2) is 9.37 Å². The predicted molar refractivity (Wildman–Crippen MR) is 122 cm³/mol. The first kappa shape index (κ1) is 21.2. The fourth-order valence-corrected chi connectivity index (χ4v) is 3.58. The Kier molecular flexibility index (Phi) is 6.52. The van der Waals surface area contributed by atoms with Crippen molar-refractivity contribution in [1.29, 1.82) is 0 Å². The van der Waals surface area contributed by atoms with Crippen LogP contribution in [0.2, 0.25) is 0 Å². The number of thiazole rings is 1. The van der Waals surface area contributed by atoms with Gasteiger partial charge < -0.3 is 15.4 Å². The molecule has 4 aromatic rings. The molecular formula is C24H18FN3O3S. The van der Waals surface area contributed by atoms with E-state index in [0.29, 0.717) is 5.69 Å². The van der Waals surface area contributed by atoms with Gasteiger partial charge in [-0.3, -0.25) is 9.59 Å². The second-order valence-electron chi connectivity index (χ2n) is 6.68. The minimum atomic E-state index is -0.540. The molecule has 0 aliphatic carbocycles. The van der Waals surface area contributed by atoms with Crippen LogP contribution in [0.15, 0.2) is 84.4 Å². The Morgan fingerprint density at radius 2 is 1.69 bits per heavy atom. The SMILES string of the molecule is O=C(COc1ccccc1C(=O)Nc1ccc(-c2nccs2)cc1)Nc1ccccc1F. The van der Waals surface area contributed by atoms with Crippen molar-refractivity contribution in [3.63, 3.8) is 0 Å². The first-order valence-corrected chi connectivity index (χ1v) is 10.6. The maximum Gasteiger partial charge on any atom is 0.262 e. The number of anilines is 2. The highest BCUT2D eigenvalue weighted by molar-refractivity contribution is 7.13. The number of aromatic nitrogens is 1. The minimum absolute atomic E-state index is 0.0633. The molecule has 0 bridgehead atoms. The van der Waals surface area contributed by atoms with E-state index < -0.39 is 11.7 Å². The first-order chi connectivity index (χ1) is 15.6. The van der Waals surface area contributed by atoms with E-state index >= 15 is 0 Å². The number of hydrogen-bond acceptors (Lipinski definition) is 5. The van der Waals surface area contributed by atoms with Crippen LogP contribution in [-0.4, -0.2) is 23.4 Å². The van der Waals surface area contributed by atoms with Gasteiger partial charge in [0, 0.05) is 22.8 Å². The number of nitrogens with one attached hydrogen (secondary N) is 2. The number of nitrogens with zero attached hydrogens (tertiary/aromatic N) is 1. The molecule has 0 fully saturated rings. The monoisotopic (exact) mass is 447 g/mol. The number of halogens is 1. The van der Waals surface area contributed by atoms with Gasteiger partial charge >= 0.3 is 0 Å². The third-order valence-corrected chi connectivity index (χ3v) is 5.28. The van der Waals surface area contributed by atoms with Gasteiger partial charge in [0.05, 0.1) is 11.3 Å². The molecule has 8 heteroatoms. The van der Waals surface area contributed by atoms with Crippen molar-refractivity contribution in [3.8, 4) is 16.3 Å². The molecule has 0 saturated heterocycles. The lowest BCUT2D eigenvalue weighted by Crippen LogP contribution is -2.22. The van der Waals surface area contributed by atoms with Crippen LogP contribution < -0.4 is 15.4 Å². The highest BCUT2D eigenvalue weighted by Gasteiger charge is 2.14. The molecule has 0 unspecified atom stereocenters. The van der Waals surface area contributed by atoms with E-state index in [-0.39, 0.29) is 29.5 Å². The van der Waals surface area contributed by atoms with E-state index in [1.54, 1.807) is 48.7 Å². The summed E-state index contributed by atoms with van der Waals surface area (Å²) in [4.78, 5) is 29.2. The fraction of sp³-hybridized carbons (Fsp3) is 0.0417. The average Bonchev–Trinajstić information content (AvgIpc) is 3.35. The zero-order valence-corrected chi connectivity index (χ0v) is 17.6. The number of carbonyl (C=O) groups is 2. The predicted octanol–water partition coefficient (Wildman–Crippen LogP) is 5.22. The molecular weight excluding hydrogens is 429 g/mol. The Bertz CT molecular complexity index is 1230. The van der Waals surface area contributed by atoms with Crippen molar-refractivity contribution >= 4 is 34.5 Å². The van der Waals surface area contributed by atoms with Crippen molar-refractivity contribution in [2.75, 3.05) is 17.2 Å². The maximum absolute atomic E-state index is 13.7. The van der Waals surface area contributed by atoms with Crippen LogP contribution in [-0.2, 0) is 4.79 Å². The van der Waals surface area contributed by atoms with Gasteiger partial charge in [-0.2, -0.15) is 0 Å². The Labute approximate surface area is 187 Å². The molecule has 1 aromatic heterocycles. The number of benzene rings is 3. The van der Waals surface area contributed by atoms with Gasteiger partial charge in [-0.05, 0) is 48.5 Å². The fourth-order valence-electron chi connectivity index (χ4n) is 2.93. The van der Waals surface area contributed by atoms with E-state index in [4.69, 9.17) is 4.74 Å². The molecule has 3 aromatic carbocycles. The molecule has 160 valence electrons. The third kappa shape index (κ3) is 5.16. The van der Waals surface area contributed by atoms with E-state index in [1.165, 1.54) is 29.5 Å². The van der Waals surface area contributed by atoms with E-state index in [0.717, 1.165) is 10.6 Å². The third-order valence-electron chi connectivity index (χ3n) is 4.46. The Morgan fingerprint density at radius 3 is 2.44 bits per heavy atom. The highest BCUT2D eigenvalue weighted by atomic mass is 32.1. The van der Waals surface area contributed by atoms with Gasteiger partial charge in [0.2, 0.25) is 0 Å². The van der Waals surface area contributed by atoms with E-state index in [2.05, 4.69) is 15.6 Å². The van der Waals surface area contributed by atoms with Crippen LogP contribution in [0, 0.1) is 5.82 Å². The molecule has 0 spiro atoms. The average molecular weight is 447 g/mol. The van der Waals surface area contributed by atoms with Gasteiger partial charge in [0.25, 0.3) is 11.8 Å². The largest absolute Gasteiger partial charge is 0.483 e. The molecule has 0 aliphatic rings. The Balaban J connectivity index is 1.39. The summed E-state index contributed by atoms with van der Waals surface area (Å²) in [7, 11) is 0. The lowest BCUT2D eigenvalue weighted by Gasteiger charge is -2.12. The zero-order chi connectivity index (χ0) is 22.3. The first-order valence-electron chi connectivity index (χ1n) is 9.67. The molecule has 0 atom stereocenters. The lowest BCUT2D eigenvalue weighted by molar-refractivity contribution is -0.118. The number of hydrogen-bond donors (Lipinski definition) is 2. The summed E-state index contributed by atoms with van der Waals surface area (Å²) in [5.41, 5.74) is 1.91. The van der Waals surface area contributed by atoms with Crippen LogP contribution in [0.1, 0.15) is 10.4 Å². The van der Waals surface area contributed by atoms with E-state index in [1.807, 2.05) is 17.5 Å². The van der Waals surface area contributed by atoms with Gasteiger partial charge in [0.15, 0.2) is 6.61 Å². The molecule has 1 heterocycles. The van der Waals surface area contributed by atoms with Crippen LogP contribution in [0.3, 0.4) is 0 Å². The maximum atomic E-state index is 13.7. The van der Waals surface area contributed by atoms with Crippen molar-refractivity contribution < 1.29 is 18.7 Å². The molecule has 2 amide bonds. The zero-order valence-electron chi connectivity index (χ0n) is 16.7. The highest BCUT2D eigenvalue weighted by Crippen LogP contribution is 2.24. The topological polar surface area (TPSA) is 80.3 Å². The number of ether oxygens (including phenoxy) is 1. The van der Waals surface area contributed by atoms with Crippen molar-refractivity contribution in [2.24, 2.45) is 0 Å². The number of rotatable bonds is 7. The molecule has 6 nitrogen and oxygen atoms in total. The summed E-state index contributed by atoms with van der Waals surface area (Å²) >= 11 is 1.54. The minimum Gasteiger partial charge on any atom is -0.483 e. The number of carbonyl (C=O) groups excluding carboxylic acids is 2. The van der Waals surface area contributed by atoms with Gasteiger partial charge in [0.1, 0.15) is 16.6 Å². The lowest BCUT2D eigenvalue weighted by atomic mass is 10.1. The van der Waals surface area contributed by atoms with Crippen molar-refractivity contribution in [3.05, 3.63) is 95.8 Å². The molecule has 0 saturated carbocycles. The summed E-state index contributed by atoms with van der Waals surface area (Å²) in [6.45, 7) is -0.374. The van der Waals surface area contributed by atoms with Crippen molar-refractivity contribution in [1.82, 2.24) is 4.98 Å². The Morgan fingerprint density at radius 1 is 0.938 bits per heavy atom. The summed E-state index contributed by atoms with van der Waals surface area (Å²) < 4.78 is 19.2. The second kappa shape index (κ2) is 9.84.